The molecule has 0 aliphatic carbocycles. The Morgan fingerprint density at radius 2 is 2.27 bits per heavy atom. The minimum absolute atomic E-state index is 0.514. The molecule has 0 bridgehead atoms. The molecule has 2 nitrogen and oxygen atoms in total. The lowest BCUT2D eigenvalue weighted by Gasteiger charge is -2.26. The summed E-state index contributed by atoms with van der Waals surface area (Å²) in [5, 5.41) is 3.50. The Labute approximate surface area is 67.0 Å². The number of rotatable bonds is 0. The standard InChI is InChI=1S/C9H14N2/c1-6-5-9-8(3-4-10-9)7(2)11-6/h3-4,6-7,10-11H,5H2,1-2H3/t6-,7+/m0/s1. The molecule has 0 saturated carbocycles. The van der Waals surface area contributed by atoms with Gasteiger partial charge in [0.25, 0.3) is 0 Å². The van der Waals surface area contributed by atoms with E-state index in [1.54, 1.807) is 0 Å². The molecule has 0 amide bonds. The maximum Gasteiger partial charge on any atom is 0.0312 e. The smallest absolute Gasteiger partial charge is 0.0312 e. The maximum atomic E-state index is 3.50. The highest BCUT2D eigenvalue weighted by molar-refractivity contribution is 5.27. The zero-order chi connectivity index (χ0) is 7.84. The molecule has 2 heteroatoms. The number of hydrogen-bond donors (Lipinski definition) is 2. The summed E-state index contributed by atoms with van der Waals surface area (Å²) in [6.07, 6.45) is 3.16. The monoisotopic (exact) mass is 150 g/mol. The molecule has 0 aromatic carbocycles. The number of H-pyrrole nitrogens is 1. The molecule has 11 heavy (non-hydrogen) atoms. The van der Waals surface area contributed by atoms with Crippen molar-refractivity contribution >= 4 is 0 Å². The lowest BCUT2D eigenvalue weighted by molar-refractivity contribution is 0.443. The molecule has 0 unspecified atom stereocenters. The molecule has 1 aromatic heterocycles. The predicted octanol–water partition coefficient (Wildman–Crippen LogP) is 1.61. The number of nitrogens with one attached hydrogen (secondary N) is 2. The van der Waals surface area contributed by atoms with Gasteiger partial charge in [0.05, 0.1) is 0 Å². The average Bonchev–Trinajstić information content (AvgIpc) is 2.34. The average molecular weight is 150 g/mol. The van der Waals surface area contributed by atoms with Crippen molar-refractivity contribution in [2.45, 2.75) is 32.4 Å². The molecule has 0 fully saturated rings. The SMILES string of the molecule is C[C@H]1Cc2[nH]ccc2[C@@H](C)N1. The number of fused-ring (bicyclic) bond motifs is 1. The van der Waals surface area contributed by atoms with Gasteiger partial charge >= 0.3 is 0 Å². The molecule has 0 radical (unpaired) electrons. The molecular formula is C9H14N2. The lowest BCUT2D eigenvalue weighted by atomic mass is 9.98. The minimum atomic E-state index is 0.514. The second kappa shape index (κ2) is 2.38. The van der Waals surface area contributed by atoms with Crippen LogP contribution in [-0.4, -0.2) is 11.0 Å². The fourth-order valence-electron chi connectivity index (χ4n) is 1.88. The predicted molar refractivity (Wildman–Crippen MR) is 45.5 cm³/mol. The van der Waals surface area contributed by atoms with Crippen LogP contribution >= 0.6 is 0 Å². The Balaban J connectivity index is 2.36. The second-order valence-corrected chi connectivity index (χ2v) is 3.41. The normalized spacial score (nSPS) is 30.0. The van der Waals surface area contributed by atoms with E-state index in [1.165, 1.54) is 11.3 Å². The van der Waals surface area contributed by atoms with Crippen LogP contribution in [0.1, 0.15) is 31.1 Å². The van der Waals surface area contributed by atoms with Gasteiger partial charge in [0, 0.05) is 30.4 Å². The van der Waals surface area contributed by atoms with Gasteiger partial charge in [-0.15, -0.1) is 0 Å². The van der Waals surface area contributed by atoms with Crippen LogP contribution in [0.25, 0.3) is 0 Å². The van der Waals surface area contributed by atoms with E-state index >= 15 is 0 Å². The molecule has 60 valence electrons. The first-order chi connectivity index (χ1) is 5.27. The van der Waals surface area contributed by atoms with Gasteiger partial charge in [0.15, 0.2) is 0 Å². The highest BCUT2D eigenvalue weighted by Crippen LogP contribution is 2.23. The van der Waals surface area contributed by atoms with E-state index in [-0.39, 0.29) is 0 Å². The highest BCUT2D eigenvalue weighted by atomic mass is 15.0. The second-order valence-electron chi connectivity index (χ2n) is 3.41. The summed E-state index contributed by atoms with van der Waals surface area (Å²) < 4.78 is 0. The van der Waals surface area contributed by atoms with Crippen molar-refractivity contribution in [3.8, 4) is 0 Å². The molecule has 2 rings (SSSR count). The molecule has 2 heterocycles. The van der Waals surface area contributed by atoms with E-state index in [9.17, 15) is 0 Å². The van der Waals surface area contributed by atoms with Crippen molar-refractivity contribution in [3.63, 3.8) is 0 Å². The summed E-state index contributed by atoms with van der Waals surface area (Å²) in [4.78, 5) is 3.28. The largest absolute Gasteiger partial charge is 0.365 e. The molecule has 2 atom stereocenters. The Morgan fingerprint density at radius 3 is 3.09 bits per heavy atom. The highest BCUT2D eigenvalue weighted by Gasteiger charge is 2.20. The summed E-state index contributed by atoms with van der Waals surface area (Å²) in [5.74, 6) is 0. The summed E-state index contributed by atoms with van der Waals surface area (Å²) in [6, 6.07) is 3.29. The van der Waals surface area contributed by atoms with Gasteiger partial charge in [-0.3, -0.25) is 0 Å². The van der Waals surface area contributed by atoms with Gasteiger partial charge in [-0.25, -0.2) is 0 Å². The summed E-state index contributed by atoms with van der Waals surface area (Å²) in [5.41, 5.74) is 2.84. The maximum absolute atomic E-state index is 3.50. The third-order valence-electron chi connectivity index (χ3n) is 2.38. The number of aromatic amines is 1. The van der Waals surface area contributed by atoms with Gasteiger partial charge < -0.3 is 10.3 Å². The van der Waals surface area contributed by atoms with Crippen molar-refractivity contribution in [1.29, 1.82) is 0 Å². The van der Waals surface area contributed by atoms with Crippen molar-refractivity contribution in [3.05, 3.63) is 23.5 Å². The molecule has 1 aliphatic heterocycles. The zero-order valence-electron chi connectivity index (χ0n) is 7.02. The van der Waals surface area contributed by atoms with Crippen LogP contribution in [0, 0.1) is 0 Å². The first-order valence-electron chi connectivity index (χ1n) is 4.19. The fourth-order valence-corrected chi connectivity index (χ4v) is 1.88. The Kier molecular flexibility index (Phi) is 1.50. The van der Waals surface area contributed by atoms with Crippen molar-refractivity contribution in [2.24, 2.45) is 0 Å². The van der Waals surface area contributed by atoms with Crippen LogP contribution < -0.4 is 5.32 Å². The molecule has 0 saturated heterocycles. The summed E-state index contributed by atoms with van der Waals surface area (Å²) in [7, 11) is 0. The van der Waals surface area contributed by atoms with Crippen LogP contribution in [-0.2, 0) is 6.42 Å². The van der Waals surface area contributed by atoms with Gasteiger partial charge in [-0.05, 0) is 25.5 Å². The Hall–Kier alpha value is -0.760. The topological polar surface area (TPSA) is 27.8 Å². The molecule has 1 aromatic rings. The summed E-state index contributed by atoms with van der Waals surface area (Å²) >= 11 is 0. The summed E-state index contributed by atoms with van der Waals surface area (Å²) in [6.45, 7) is 4.43. The van der Waals surface area contributed by atoms with Crippen LogP contribution in [0.5, 0.6) is 0 Å². The van der Waals surface area contributed by atoms with Gasteiger partial charge in [-0.1, -0.05) is 0 Å². The van der Waals surface area contributed by atoms with E-state index in [0.29, 0.717) is 12.1 Å². The molecule has 2 N–H and O–H groups in total. The molecule has 1 aliphatic rings. The lowest BCUT2D eigenvalue weighted by Crippen LogP contribution is -2.35. The van der Waals surface area contributed by atoms with E-state index in [2.05, 4.69) is 30.2 Å². The third-order valence-corrected chi connectivity index (χ3v) is 2.38. The van der Waals surface area contributed by atoms with Crippen LogP contribution in [0.3, 0.4) is 0 Å². The third kappa shape index (κ3) is 1.07. The van der Waals surface area contributed by atoms with E-state index < -0.39 is 0 Å². The molecule has 0 spiro atoms. The van der Waals surface area contributed by atoms with Gasteiger partial charge in [0.2, 0.25) is 0 Å². The van der Waals surface area contributed by atoms with E-state index in [0.717, 1.165) is 6.42 Å². The Bertz CT molecular complexity index is 252. The van der Waals surface area contributed by atoms with Gasteiger partial charge in [-0.2, -0.15) is 0 Å². The quantitative estimate of drug-likeness (QED) is 0.577. The first kappa shape index (κ1) is 6.92. The molecular weight excluding hydrogens is 136 g/mol. The van der Waals surface area contributed by atoms with Crippen LogP contribution in [0.2, 0.25) is 0 Å². The van der Waals surface area contributed by atoms with Gasteiger partial charge in [0.1, 0.15) is 0 Å². The van der Waals surface area contributed by atoms with Crippen molar-refractivity contribution < 1.29 is 0 Å². The first-order valence-corrected chi connectivity index (χ1v) is 4.19. The van der Waals surface area contributed by atoms with Crippen LogP contribution in [0.4, 0.5) is 0 Å². The van der Waals surface area contributed by atoms with Crippen molar-refractivity contribution in [2.75, 3.05) is 0 Å². The number of hydrogen-bond acceptors (Lipinski definition) is 1. The Morgan fingerprint density at radius 1 is 1.45 bits per heavy atom. The zero-order valence-corrected chi connectivity index (χ0v) is 7.02. The van der Waals surface area contributed by atoms with E-state index in [1.807, 2.05) is 6.20 Å². The van der Waals surface area contributed by atoms with E-state index in [4.69, 9.17) is 0 Å². The fraction of sp³-hybridized carbons (Fsp3) is 0.556. The van der Waals surface area contributed by atoms with Crippen LogP contribution in [0.15, 0.2) is 12.3 Å². The van der Waals surface area contributed by atoms with Crippen molar-refractivity contribution in [1.82, 2.24) is 10.3 Å². The number of aromatic nitrogens is 1. The minimum Gasteiger partial charge on any atom is -0.365 e.